The quantitative estimate of drug-likeness (QED) is 0.101. The number of carbonyl (C=O) groups excluding carboxylic acids is 2. The highest BCUT2D eigenvalue weighted by molar-refractivity contribution is 6.31. The molecule has 212 valence electrons. The number of halogens is 1. The van der Waals surface area contributed by atoms with Gasteiger partial charge in [0.1, 0.15) is 0 Å². The Bertz CT molecular complexity index is 1320. The first-order valence-corrected chi connectivity index (χ1v) is 13.2. The minimum atomic E-state index is -0.666. The molecule has 1 aliphatic rings. The van der Waals surface area contributed by atoms with Gasteiger partial charge in [0.2, 0.25) is 0 Å². The van der Waals surface area contributed by atoms with Gasteiger partial charge < -0.3 is 21.9 Å². The van der Waals surface area contributed by atoms with Crippen LogP contribution in [0.5, 0.6) is 0 Å². The number of rotatable bonds is 10. The number of amides is 1. The fourth-order valence-corrected chi connectivity index (χ4v) is 4.35. The first-order valence-electron chi connectivity index (χ1n) is 12.8. The van der Waals surface area contributed by atoms with Gasteiger partial charge in [-0.1, -0.05) is 23.7 Å². The Hall–Kier alpha value is -4.30. The maximum Gasteiger partial charge on any atom is 0.338 e. The fourth-order valence-electron chi connectivity index (χ4n) is 4.23. The minimum Gasteiger partial charge on any atom is -0.462 e. The van der Waals surface area contributed by atoms with E-state index in [0.29, 0.717) is 12.2 Å². The molecule has 1 amide bonds. The Morgan fingerprint density at radius 2 is 1.88 bits per heavy atom. The average Bonchev–Trinajstić information content (AvgIpc) is 3.45. The number of aromatic amines is 1. The van der Waals surface area contributed by atoms with Crippen LogP contribution in [0.3, 0.4) is 0 Å². The number of nitrogens with two attached hydrogens (primary N) is 3. The second-order valence-electron chi connectivity index (χ2n) is 9.36. The lowest BCUT2D eigenvalue weighted by molar-refractivity contribution is 0.0498. The molecule has 14 nitrogen and oxygen atoms in total. The van der Waals surface area contributed by atoms with Crippen molar-refractivity contribution in [1.29, 1.82) is 0 Å². The number of H-pyrrole nitrogens is 1. The molecule has 1 saturated heterocycles. The van der Waals surface area contributed by atoms with Crippen molar-refractivity contribution in [1.82, 2.24) is 35.6 Å². The third kappa shape index (κ3) is 8.10. The van der Waals surface area contributed by atoms with Gasteiger partial charge in [-0.15, -0.1) is 0 Å². The van der Waals surface area contributed by atoms with Crippen LogP contribution in [-0.4, -0.2) is 73.9 Å². The van der Waals surface area contributed by atoms with Crippen LogP contribution in [-0.2, 0) is 17.7 Å². The molecule has 0 spiro atoms. The van der Waals surface area contributed by atoms with E-state index in [1.54, 1.807) is 18.3 Å². The van der Waals surface area contributed by atoms with Crippen LogP contribution in [0.25, 0.3) is 0 Å². The van der Waals surface area contributed by atoms with Crippen LogP contribution in [0.2, 0.25) is 5.15 Å². The standard InChI is InChI=1S/C25H32ClN11O3/c26-20-22(28)33-21(27)19(32-20)23(38)34-25(29)31-17-8-10-37(11-9-17)14-15-4-6-16(7-5-15)24(39)40-12-2-1-3-18-13-30-36-35-18/h4-7,13,17H,1-3,8-12,14H2,(H4,27,28,33)(H,30,35,36)(H3,29,31,34,38). The van der Waals surface area contributed by atoms with E-state index in [-0.39, 0.29) is 40.5 Å². The smallest absolute Gasteiger partial charge is 0.338 e. The van der Waals surface area contributed by atoms with Crippen molar-refractivity contribution in [3.8, 4) is 0 Å². The maximum absolute atomic E-state index is 12.4. The summed E-state index contributed by atoms with van der Waals surface area (Å²) in [5.41, 5.74) is 19.5. The number of nitrogens with one attached hydrogen (secondary N) is 2. The monoisotopic (exact) mass is 569 g/mol. The van der Waals surface area contributed by atoms with Crippen LogP contribution in [0.4, 0.5) is 11.6 Å². The molecule has 3 heterocycles. The van der Waals surface area contributed by atoms with Gasteiger partial charge in [0, 0.05) is 19.6 Å². The number of likely N-dealkylation sites (tertiary alicyclic amines) is 1. The summed E-state index contributed by atoms with van der Waals surface area (Å²) in [5, 5.41) is 12.7. The number of guanidine groups is 1. The summed E-state index contributed by atoms with van der Waals surface area (Å²) in [4.78, 5) is 39.1. The lowest BCUT2D eigenvalue weighted by Gasteiger charge is -2.30. The van der Waals surface area contributed by atoms with Crippen LogP contribution in [0, 0.1) is 0 Å². The Labute approximate surface area is 235 Å². The number of aromatic nitrogens is 5. The number of carbonyl (C=O) groups is 2. The summed E-state index contributed by atoms with van der Waals surface area (Å²) in [7, 11) is 0. The lowest BCUT2D eigenvalue weighted by atomic mass is 10.0. The fraction of sp³-hybridized carbons (Fsp3) is 0.400. The molecular formula is C25H32ClN11O3. The van der Waals surface area contributed by atoms with E-state index in [0.717, 1.165) is 63.0 Å². The first-order chi connectivity index (χ1) is 19.3. The summed E-state index contributed by atoms with van der Waals surface area (Å²) in [6, 6.07) is 7.43. The van der Waals surface area contributed by atoms with Crippen molar-refractivity contribution >= 4 is 41.1 Å². The van der Waals surface area contributed by atoms with Crippen molar-refractivity contribution < 1.29 is 14.3 Å². The van der Waals surface area contributed by atoms with E-state index in [1.165, 1.54) is 0 Å². The zero-order valence-corrected chi connectivity index (χ0v) is 22.6. The van der Waals surface area contributed by atoms with Crippen LogP contribution in [0.1, 0.15) is 57.8 Å². The topological polar surface area (TPSA) is 216 Å². The highest BCUT2D eigenvalue weighted by Gasteiger charge is 2.21. The van der Waals surface area contributed by atoms with Gasteiger partial charge in [0.15, 0.2) is 28.4 Å². The van der Waals surface area contributed by atoms with E-state index >= 15 is 0 Å². The zero-order chi connectivity index (χ0) is 28.5. The van der Waals surface area contributed by atoms with Crippen molar-refractivity contribution in [3.63, 3.8) is 0 Å². The summed E-state index contributed by atoms with van der Waals surface area (Å²) in [6.45, 7) is 2.72. The number of anilines is 2. The van der Waals surface area contributed by atoms with Gasteiger partial charge in [-0.25, -0.2) is 19.8 Å². The number of hydrogen-bond acceptors (Lipinski definition) is 11. The molecular weight excluding hydrogens is 538 g/mol. The number of aliphatic imine (C=N–C) groups is 1. The molecule has 0 saturated carbocycles. The summed E-state index contributed by atoms with van der Waals surface area (Å²) >= 11 is 5.83. The first kappa shape index (κ1) is 28.7. The van der Waals surface area contributed by atoms with Gasteiger partial charge in [-0.3, -0.25) is 15.0 Å². The van der Waals surface area contributed by atoms with Crippen LogP contribution < -0.4 is 22.5 Å². The number of aryl methyl sites for hydroxylation is 1. The molecule has 8 N–H and O–H groups in total. The van der Waals surface area contributed by atoms with Crippen molar-refractivity contribution in [2.75, 3.05) is 31.2 Å². The molecule has 0 aliphatic carbocycles. The molecule has 1 fully saturated rings. The van der Waals surface area contributed by atoms with E-state index < -0.39 is 5.91 Å². The molecule has 40 heavy (non-hydrogen) atoms. The van der Waals surface area contributed by atoms with Gasteiger partial charge >= 0.3 is 5.97 Å². The molecule has 0 atom stereocenters. The second kappa shape index (κ2) is 13.7. The number of nitrogen functional groups attached to an aromatic ring is 2. The Morgan fingerprint density at radius 3 is 2.58 bits per heavy atom. The number of nitrogens with zero attached hydrogens (tertiary/aromatic N) is 6. The Kier molecular flexibility index (Phi) is 9.81. The Balaban J connectivity index is 1.17. The maximum atomic E-state index is 12.4. The summed E-state index contributed by atoms with van der Waals surface area (Å²) in [6.07, 6.45) is 5.65. The van der Waals surface area contributed by atoms with Crippen LogP contribution in [0.15, 0.2) is 35.5 Å². The molecule has 1 aliphatic heterocycles. The van der Waals surface area contributed by atoms with Crippen molar-refractivity contribution in [2.24, 2.45) is 10.7 Å². The number of esters is 1. The van der Waals surface area contributed by atoms with E-state index in [1.807, 2.05) is 12.1 Å². The number of hydrogen-bond donors (Lipinski definition) is 5. The number of piperidine rings is 1. The molecule has 1 aromatic carbocycles. The van der Waals surface area contributed by atoms with Gasteiger partial charge in [0.25, 0.3) is 5.91 Å². The largest absolute Gasteiger partial charge is 0.462 e. The third-order valence-corrected chi connectivity index (χ3v) is 6.64. The molecule has 0 radical (unpaired) electrons. The Morgan fingerprint density at radius 1 is 1.12 bits per heavy atom. The van der Waals surface area contributed by atoms with Crippen LogP contribution >= 0.6 is 11.6 Å². The molecule has 2 aromatic heterocycles. The average molecular weight is 570 g/mol. The van der Waals surface area contributed by atoms with Crippen molar-refractivity contribution in [2.45, 2.75) is 44.7 Å². The van der Waals surface area contributed by atoms with E-state index in [9.17, 15) is 9.59 Å². The van der Waals surface area contributed by atoms with E-state index in [4.69, 9.17) is 33.5 Å². The SMILES string of the molecule is NC(=NC1CCN(Cc2ccc(C(=O)OCCCCc3cn[nH]n3)cc2)CC1)NC(=O)c1nc(Cl)c(N)nc1N. The number of unbranched alkanes of at least 4 members (excludes halogenated alkanes) is 1. The predicted molar refractivity (Wildman–Crippen MR) is 149 cm³/mol. The normalized spacial score (nSPS) is 14.7. The van der Waals surface area contributed by atoms with Gasteiger partial charge in [-0.05, 0) is 49.8 Å². The third-order valence-electron chi connectivity index (χ3n) is 6.36. The molecule has 4 rings (SSSR count). The highest BCUT2D eigenvalue weighted by Crippen LogP contribution is 2.18. The molecule has 3 aromatic rings. The van der Waals surface area contributed by atoms with Gasteiger partial charge in [0.05, 0.1) is 30.1 Å². The van der Waals surface area contributed by atoms with Crippen molar-refractivity contribution in [3.05, 3.63) is 58.1 Å². The highest BCUT2D eigenvalue weighted by atomic mass is 35.5. The summed E-state index contributed by atoms with van der Waals surface area (Å²) < 4.78 is 5.38. The lowest BCUT2D eigenvalue weighted by Crippen LogP contribution is -2.40. The number of ether oxygens (including phenoxy) is 1. The second-order valence-corrected chi connectivity index (χ2v) is 9.72. The zero-order valence-electron chi connectivity index (χ0n) is 21.8. The predicted octanol–water partition coefficient (Wildman–Crippen LogP) is 1.30. The minimum absolute atomic E-state index is 0.0324. The van der Waals surface area contributed by atoms with E-state index in [2.05, 4.69) is 40.6 Å². The summed E-state index contributed by atoms with van der Waals surface area (Å²) in [5.74, 6) is -1.24. The van der Waals surface area contributed by atoms with Gasteiger partial charge in [-0.2, -0.15) is 15.4 Å². The number of benzene rings is 1. The molecule has 0 unspecified atom stereocenters. The molecule has 0 bridgehead atoms. The molecule has 15 heteroatoms.